The number of nitrogens with one attached hydrogen (secondary N) is 2. The lowest BCUT2D eigenvalue weighted by Gasteiger charge is -2.26. The molecule has 5 heterocycles. The smallest absolute Gasteiger partial charge is 0.0816 e. The minimum absolute atomic E-state index is 0.0854. The second kappa shape index (κ2) is 15.7. The Hall–Kier alpha value is -8.34. The van der Waals surface area contributed by atoms with Crippen LogP contribution in [0.4, 0.5) is 0 Å². The van der Waals surface area contributed by atoms with Gasteiger partial charge in [0.2, 0.25) is 0 Å². The molecule has 0 radical (unpaired) electrons. The Labute approximate surface area is 454 Å². The highest BCUT2D eigenvalue weighted by Gasteiger charge is 2.27. The minimum Gasteiger partial charge on any atom is -0.354 e. The van der Waals surface area contributed by atoms with Crippen LogP contribution in [-0.2, 0) is 21.7 Å². The second-order valence-corrected chi connectivity index (χ2v) is 26.8. The first-order valence-electron chi connectivity index (χ1n) is 28.0. The molecule has 15 aromatic rings. The molecule has 8 bridgehead atoms. The number of aromatic amines is 2. The Bertz CT molecular complexity index is 4770. The molecule has 0 aliphatic rings. The van der Waals surface area contributed by atoms with Crippen LogP contribution in [0.1, 0.15) is 105 Å². The Balaban J connectivity index is 1.23. The Morgan fingerprint density at radius 3 is 0.974 bits per heavy atom. The second-order valence-electron chi connectivity index (χ2n) is 26.8. The van der Waals surface area contributed by atoms with Gasteiger partial charge in [-0.3, -0.25) is 0 Å². The zero-order valence-corrected chi connectivity index (χ0v) is 46.9. The van der Waals surface area contributed by atoms with Crippen molar-refractivity contribution in [1.29, 1.82) is 0 Å². The number of fused-ring (bicyclic) bond motifs is 12. The Morgan fingerprint density at radius 1 is 0.282 bits per heavy atom. The molecule has 2 N–H and O–H groups in total. The van der Waals surface area contributed by atoms with Crippen molar-refractivity contribution < 1.29 is 0 Å². The molecule has 0 saturated carbocycles. The Kier molecular flexibility index (Phi) is 9.42. The molecule has 0 saturated heterocycles. The van der Waals surface area contributed by atoms with Gasteiger partial charge in [-0.25, -0.2) is 9.97 Å². The van der Waals surface area contributed by atoms with Crippen LogP contribution in [0.5, 0.6) is 0 Å². The molecule has 0 amide bonds. The standard InChI is InChI=1S/C74H64N4/c1-71(2,3)45-31-43(32-46(35-45)72(4,5)6)63-55-27-29-57(75-55)67-51-25-21-41-17-13-15-39-19-23-49(65(51)61(39)41)53-37-59(77-69(53)67)64(44-33-47(73(7,8)9)36-48(34-44)74(10,11)12)60-38-54-50-24-20-40-16-14-18-42-22-26-52(66(50)62(40)42)68(70(54)78-60)58-30-28-56(63)76-58/h13-38,75-76H,1-12H3. The van der Waals surface area contributed by atoms with Crippen molar-refractivity contribution in [3.63, 3.8) is 0 Å². The van der Waals surface area contributed by atoms with Crippen LogP contribution in [0.2, 0.25) is 0 Å². The van der Waals surface area contributed by atoms with Crippen molar-refractivity contribution in [3.8, 4) is 22.3 Å². The van der Waals surface area contributed by atoms with Crippen molar-refractivity contribution in [2.75, 3.05) is 0 Å². The van der Waals surface area contributed by atoms with Crippen LogP contribution in [0, 0.1) is 0 Å². The normalized spacial score (nSPS) is 13.4. The van der Waals surface area contributed by atoms with E-state index in [0.717, 1.165) is 82.4 Å². The summed E-state index contributed by atoms with van der Waals surface area (Å²) < 4.78 is 0. The summed E-state index contributed by atoms with van der Waals surface area (Å²) in [7, 11) is 0. The molecule has 0 aliphatic carbocycles. The van der Waals surface area contributed by atoms with Gasteiger partial charge in [0.1, 0.15) is 0 Å². The third-order valence-electron chi connectivity index (χ3n) is 17.6. The van der Waals surface area contributed by atoms with Gasteiger partial charge >= 0.3 is 0 Å². The van der Waals surface area contributed by atoms with Crippen molar-refractivity contribution >= 4 is 130 Å². The zero-order chi connectivity index (χ0) is 53.7. The quantitative estimate of drug-likeness (QED) is 0.170. The summed E-state index contributed by atoms with van der Waals surface area (Å²) in [6.07, 6.45) is 0. The first-order chi connectivity index (χ1) is 37.2. The zero-order valence-electron chi connectivity index (χ0n) is 46.9. The largest absolute Gasteiger partial charge is 0.354 e. The van der Waals surface area contributed by atoms with Gasteiger partial charge in [0, 0.05) is 54.7 Å². The summed E-state index contributed by atoms with van der Waals surface area (Å²) in [5.74, 6) is 0. The van der Waals surface area contributed by atoms with E-state index in [1.807, 2.05) is 0 Å². The highest BCUT2D eigenvalue weighted by Crippen LogP contribution is 2.48. The molecule has 4 nitrogen and oxygen atoms in total. The lowest BCUT2D eigenvalue weighted by molar-refractivity contribution is 0.568. The Morgan fingerprint density at radius 2 is 0.615 bits per heavy atom. The molecular formula is C74H64N4. The van der Waals surface area contributed by atoms with Crippen LogP contribution in [0.25, 0.3) is 153 Å². The predicted molar refractivity (Wildman–Crippen MR) is 338 cm³/mol. The SMILES string of the molecule is CC(C)(C)c1cc(-c2c3cc4c5ccc6cccc7ccc(c(c8ccc([nH]8)c(-c8cc(C(C)(C)C)cc(C(C)(C)C)c8)c8ccc([nH]8)c8c9ccc%10cccc%11ccc(c%12cc2nc%128)c9c%11%10)c4n3)c5c67)cc(C(C)(C)C)c1. The van der Waals surface area contributed by atoms with Crippen LogP contribution in [-0.4, -0.2) is 19.9 Å². The molecule has 0 fully saturated rings. The fourth-order valence-corrected chi connectivity index (χ4v) is 13.2. The van der Waals surface area contributed by atoms with E-state index in [2.05, 4.69) is 251 Å². The van der Waals surface area contributed by atoms with E-state index in [4.69, 9.17) is 9.97 Å². The van der Waals surface area contributed by atoms with E-state index in [1.165, 1.54) is 92.5 Å². The number of H-pyrrole nitrogens is 2. The molecule has 4 heteroatoms. The number of hydrogen-bond acceptors (Lipinski definition) is 2. The average Bonchev–Trinajstić information content (AvgIpc) is 3.88. The van der Waals surface area contributed by atoms with Crippen LogP contribution < -0.4 is 0 Å². The van der Waals surface area contributed by atoms with Gasteiger partial charge in [0.05, 0.1) is 22.1 Å². The van der Waals surface area contributed by atoms with E-state index in [-0.39, 0.29) is 21.7 Å². The molecule has 5 aromatic heterocycles. The number of rotatable bonds is 2. The average molecular weight is 1010 g/mol. The summed E-state index contributed by atoms with van der Waals surface area (Å²) in [4.78, 5) is 20.3. The highest BCUT2D eigenvalue weighted by atomic mass is 14.8. The van der Waals surface area contributed by atoms with E-state index < -0.39 is 0 Å². The number of nitrogens with zero attached hydrogens (tertiary/aromatic N) is 2. The van der Waals surface area contributed by atoms with E-state index in [9.17, 15) is 0 Å². The first-order valence-corrected chi connectivity index (χ1v) is 28.0. The number of benzene rings is 10. The molecule has 0 atom stereocenters. The summed E-state index contributed by atoms with van der Waals surface area (Å²) in [6, 6.07) is 60.6. The highest BCUT2D eigenvalue weighted by molar-refractivity contribution is 6.38. The maximum Gasteiger partial charge on any atom is 0.0816 e. The van der Waals surface area contributed by atoms with Gasteiger partial charge in [-0.1, -0.05) is 204 Å². The fraction of sp³-hybridized carbons (Fsp3) is 0.216. The minimum atomic E-state index is -0.116. The molecule has 380 valence electrons. The fourth-order valence-electron chi connectivity index (χ4n) is 13.2. The maximum atomic E-state index is 6.01. The van der Waals surface area contributed by atoms with Crippen LogP contribution >= 0.6 is 0 Å². The third-order valence-corrected chi connectivity index (χ3v) is 17.6. The number of hydrogen-bond donors (Lipinski definition) is 2. The topological polar surface area (TPSA) is 57.4 Å². The lowest BCUT2D eigenvalue weighted by atomic mass is 9.79. The summed E-state index contributed by atoms with van der Waals surface area (Å²) in [5.41, 5.74) is 17.2. The van der Waals surface area contributed by atoms with Crippen molar-refractivity contribution in [1.82, 2.24) is 19.9 Å². The van der Waals surface area contributed by atoms with Gasteiger partial charge in [0.15, 0.2) is 0 Å². The van der Waals surface area contributed by atoms with Crippen LogP contribution in [0.15, 0.2) is 158 Å². The first kappa shape index (κ1) is 46.9. The maximum absolute atomic E-state index is 6.01. The molecule has 10 aromatic carbocycles. The molecule has 78 heavy (non-hydrogen) atoms. The van der Waals surface area contributed by atoms with Gasteiger partial charge < -0.3 is 9.97 Å². The van der Waals surface area contributed by atoms with Gasteiger partial charge in [0.25, 0.3) is 0 Å². The van der Waals surface area contributed by atoms with Crippen molar-refractivity contribution in [2.45, 2.75) is 105 Å². The van der Waals surface area contributed by atoms with Crippen molar-refractivity contribution in [2.24, 2.45) is 0 Å². The van der Waals surface area contributed by atoms with Crippen molar-refractivity contribution in [3.05, 3.63) is 180 Å². The van der Waals surface area contributed by atoms with Crippen LogP contribution in [0.3, 0.4) is 0 Å². The van der Waals surface area contributed by atoms with Gasteiger partial charge in [-0.15, -0.1) is 0 Å². The van der Waals surface area contributed by atoms with Gasteiger partial charge in [-0.2, -0.15) is 0 Å². The number of aromatic nitrogens is 4. The van der Waals surface area contributed by atoms with E-state index >= 15 is 0 Å². The summed E-state index contributed by atoms with van der Waals surface area (Å²) in [5, 5.41) is 19.3. The summed E-state index contributed by atoms with van der Waals surface area (Å²) in [6.45, 7) is 28.0. The molecular weight excluding hydrogens is 945 g/mol. The molecule has 0 aliphatic heterocycles. The van der Waals surface area contributed by atoms with Gasteiger partial charge in [-0.05, 0) is 156 Å². The summed E-state index contributed by atoms with van der Waals surface area (Å²) >= 11 is 0. The molecule has 0 spiro atoms. The van der Waals surface area contributed by atoms with E-state index in [1.54, 1.807) is 0 Å². The molecule has 0 unspecified atom stereocenters. The monoisotopic (exact) mass is 1010 g/mol. The predicted octanol–water partition coefficient (Wildman–Crippen LogP) is 20.9. The third kappa shape index (κ3) is 6.84. The lowest BCUT2D eigenvalue weighted by Crippen LogP contribution is -2.16. The molecule has 15 rings (SSSR count). The van der Waals surface area contributed by atoms with E-state index in [0.29, 0.717) is 0 Å².